The maximum absolute atomic E-state index is 11.3. The van der Waals surface area contributed by atoms with Crippen LogP contribution in [0, 0.1) is 0 Å². The van der Waals surface area contributed by atoms with Crippen LogP contribution in [0.4, 0.5) is 4.79 Å². The molecule has 0 aliphatic heterocycles. The third-order valence-corrected chi connectivity index (χ3v) is 2.91. The number of ether oxygens (including phenoxy) is 1. The Labute approximate surface area is 114 Å². The second-order valence-electron chi connectivity index (χ2n) is 4.72. The first kappa shape index (κ1) is 15.2. The van der Waals surface area contributed by atoms with Crippen molar-refractivity contribution in [3.05, 3.63) is 35.4 Å². The van der Waals surface area contributed by atoms with Crippen molar-refractivity contribution in [3.63, 3.8) is 0 Å². The lowest BCUT2D eigenvalue weighted by Crippen LogP contribution is -2.22. The fourth-order valence-electron chi connectivity index (χ4n) is 1.95. The molecule has 0 saturated carbocycles. The number of hydrogen-bond acceptors (Lipinski definition) is 3. The minimum atomic E-state index is -0.701. The van der Waals surface area contributed by atoms with Gasteiger partial charge in [-0.05, 0) is 29.9 Å². The Bertz CT molecular complexity index is 441. The van der Waals surface area contributed by atoms with Crippen molar-refractivity contribution in [2.45, 2.75) is 39.0 Å². The van der Waals surface area contributed by atoms with E-state index in [1.54, 1.807) is 0 Å². The van der Waals surface area contributed by atoms with Gasteiger partial charge in [0.05, 0.1) is 0 Å². The third kappa shape index (κ3) is 5.12. The van der Waals surface area contributed by atoms with Gasteiger partial charge in [-0.2, -0.15) is 0 Å². The number of nitrogens with one attached hydrogen (secondary N) is 1. The second-order valence-corrected chi connectivity index (χ2v) is 4.72. The summed E-state index contributed by atoms with van der Waals surface area (Å²) in [6, 6.07) is 8.23. The summed E-state index contributed by atoms with van der Waals surface area (Å²) in [6.45, 7) is 4.30. The molecular weight excluding hydrogens is 242 g/mol. The average molecular weight is 263 g/mol. The van der Waals surface area contributed by atoms with Crippen molar-refractivity contribution < 1.29 is 14.3 Å². The SMILES string of the molecule is CNC(=O)OC(=O)CCCc1ccccc1C(C)C. The van der Waals surface area contributed by atoms with Crippen LogP contribution in [0.15, 0.2) is 24.3 Å². The van der Waals surface area contributed by atoms with Gasteiger partial charge in [0, 0.05) is 13.5 Å². The van der Waals surface area contributed by atoms with Gasteiger partial charge in [0.25, 0.3) is 0 Å². The van der Waals surface area contributed by atoms with Gasteiger partial charge < -0.3 is 10.1 Å². The molecule has 1 aromatic rings. The van der Waals surface area contributed by atoms with Crippen LogP contribution in [0.3, 0.4) is 0 Å². The number of rotatable bonds is 5. The summed E-state index contributed by atoms with van der Waals surface area (Å²) in [6.07, 6.45) is 1.05. The van der Waals surface area contributed by atoms with Crippen LogP contribution in [-0.2, 0) is 16.0 Å². The Morgan fingerprint density at radius 1 is 1.26 bits per heavy atom. The molecule has 0 atom stereocenters. The molecule has 1 rings (SSSR count). The molecule has 1 amide bonds. The summed E-state index contributed by atoms with van der Waals surface area (Å²) in [7, 11) is 1.43. The molecular formula is C15H21NO3. The van der Waals surface area contributed by atoms with Crippen LogP contribution in [0.1, 0.15) is 43.7 Å². The molecule has 1 N–H and O–H groups in total. The number of carbonyl (C=O) groups excluding carboxylic acids is 2. The molecule has 0 heterocycles. The van der Waals surface area contributed by atoms with E-state index in [0.29, 0.717) is 12.3 Å². The lowest BCUT2D eigenvalue weighted by Gasteiger charge is -2.12. The molecule has 19 heavy (non-hydrogen) atoms. The van der Waals surface area contributed by atoms with Crippen molar-refractivity contribution in [1.82, 2.24) is 5.32 Å². The lowest BCUT2D eigenvalue weighted by molar-refractivity contribution is -0.137. The molecule has 0 aliphatic carbocycles. The van der Waals surface area contributed by atoms with Gasteiger partial charge in [0.1, 0.15) is 0 Å². The highest BCUT2D eigenvalue weighted by Gasteiger charge is 2.10. The maximum atomic E-state index is 11.3. The summed E-state index contributed by atoms with van der Waals surface area (Å²) in [4.78, 5) is 22.2. The first-order valence-electron chi connectivity index (χ1n) is 6.54. The van der Waals surface area contributed by atoms with Gasteiger partial charge in [0.15, 0.2) is 0 Å². The van der Waals surface area contributed by atoms with E-state index in [9.17, 15) is 9.59 Å². The third-order valence-electron chi connectivity index (χ3n) is 2.91. The highest BCUT2D eigenvalue weighted by atomic mass is 16.6. The number of hydrogen-bond donors (Lipinski definition) is 1. The minimum Gasteiger partial charge on any atom is -0.376 e. The highest BCUT2D eigenvalue weighted by molar-refractivity contribution is 5.84. The summed E-state index contributed by atoms with van der Waals surface area (Å²) in [5.74, 6) is -0.0181. The zero-order valence-electron chi connectivity index (χ0n) is 11.7. The predicted octanol–water partition coefficient (Wildman–Crippen LogP) is 3.02. The molecule has 0 aliphatic rings. The zero-order valence-corrected chi connectivity index (χ0v) is 11.7. The van der Waals surface area contributed by atoms with E-state index in [1.807, 2.05) is 12.1 Å². The molecule has 0 spiro atoms. The standard InChI is InChI=1S/C15H21NO3/c1-11(2)13-9-5-4-7-12(13)8-6-10-14(17)19-15(18)16-3/h4-5,7,9,11H,6,8,10H2,1-3H3,(H,16,18). The van der Waals surface area contributed by atoms with Crippen LogP contribution in [0.25, 0.3) is 0 Å². The maximum Gasteiger partial charge on any atom is 0.414 e. The van der Waals surface area contributed by atoms with Crippen molar-refractivity contribution >= 4 is 12.1 Å². The van der Waals surface area contributed by atoms with Crippen LogP contribution >= 0.6 is 0 Å². The summed E-state index contributed by atoms with van der Waals surface area (Å²) >= 11 is 0. The molecule has 0 bridgehead atoms. The van der Waals surface area contributed by atoms with Gasteiger partial charge in [-0.3, -0.25) is 4.79 Å². The molecule has 1 aromatic carbocycles. The van der Waals surface area contributed by atoms with E-state index < -0.39 is 12.1 Å². The topological polar surface area (TPSA) is 55.4 Å². The minimum absolute atomic E-state index is 0.250. The molecule has 4 heteroatoms. The number of carbonyl (C=O) groups is 2. The monoisotopic (exact) mass is 263 g/mol. The Balaban J connectivity index is 2.45. The van der Waals surface area contributed by atoms with Crippen LogP contribution in [0.5, 0.6) is 0 Å². The van der Waals surface area contributed by atoms with E-state index in [-0.39, 0.29) is 6.42 Å². The summed E-state index contributed by atoms with van der Waals surface area (Å²) in [5.41, 5.74) is 2.56. The largest absolute Gasteiger partial charge is 0.414 e. The van der Waals surface area contributed by atoms with Crippen LogP contribution in [0.2, 0.25) is 0 Å². The van der Waals surface area contributed by atoms with Crippen molar-refractivity contribution in [3.8, 4) is 0 Å². The smallest absolute Gasteiger partial charge is 0.376 e. The van der Waals surface area contributed by atoms with Crippen molar-refractivity contribution in [1.29, 1.82) is 0 Å². The fraction of sp³-hybridized carbons (Fsp3) is 0.467. The van der Waals surface area contributed by atoms with Gasteiger partial charge >= 0.3 is 12.1 Å². The predicted molar refractivity (Wildman–Crippen MR) is 74.0 cm³/mol. The fourth-order valence-corrected chi connectivity index (χ4v) is 1.95. The van der Waals surface area contributed by atoms with E-state index in [2.05, 4.69) is 36.0 Å². The Morgan fingerprint density at radius 2 is 1.95 bits per heavy atom. The molecule has 0 fully saturated rings. The molecule has 0 radical (unpaired) electrons. The number of aryl methyl sites for hydroxylation is 1. The van der Waals surface area contributed by atoms with Crippen molar-refractivity contribution in [2.24, 2.45) is 0 Å². The van der Waals surface area contributed by atoms with Crippen LogP contribution < -0.4 is 5.32 Å². The van der Waals surface area contributed by atoms with Gasteiger partial charge in [0.2, 0.25) is 0 Å². The Hall–Kier alpha value is -1.84. The first-order valence-corrected chi connectivity index (χ1v) is 6.54. The number of benzene rings is 1. The molecule has 4 nitrogen and oxygen atoms in total. The van der Waals surface area contributed by atoms with E-state index in [1.165, 1.54) is 18.2 Å². The van der Waals surface area contributed by atoms with Gasteiger partial charge in [-0.1, -0.05) is 38.1 Å². The average Bonchev–Trinajstić information content (AvgIpc) is 2.38. The summed E-state index contributed by atoms with van der Waals surface area (Å²) < 4.78 is 4.53. The van der Waals surface area contributed by atoms with E-state index in [0.717, 1.165) is 6.42 Å². The normalized spacial score (nSPS) is 10.3. The second kappa shape index (κ2) is 7.56. The molecule has 104 valence electrons. The number of amides is 1. The zero-order chi connectivity index (χ0) is 14.3. The van der Waals surface area contributed by atoms with E-state index in [4.69, 9.17) is 0 Å². The molecule has 0 aromatic heterocycles. The first-order chi connectivity index (χ1) is 9.04. The summed E-state index contributed by atoms with van der Waals surface area (Å²) in [5, 5.41) is 2.25. The highest BCUT2D eigenvalue weighted by Crippen LogP contribution is 2.20. The Kier molecular flexibility index (Phi) is 6.06. The quantitative estimate of drug-likeness (QED) is 0.656. The number of esters is 1. The van der Waals surface area contributed by atoms with Gasteiger partial charge in [-0.25, -0.2) is 4.79 Å². The molecule has 0 saturated heterocycles. The lowest BCUT2D eigenvalue weighted by atomic mass is 9.94. The van der Waals surface area contributed by atoms with E-state index >= 15 is 0 Å². The molecule has 0 unspecified atom stereocenters. The van der Waals surface area contributed by atoms with Crippen molar-refractivity contribution in [2.75, 3.05) is 7.05 Å². The number of alkyl carbamates (subject to hydrolysis) is 1. The van der Waals surface area contributed by atoms with Crippen LogP contribution in [-0.4, -0.2) is 19.1 Å². The van der Waals surface area contributed by atoms with Gasteiger partial charge in [-0.15, -0.1) is 0 Å². The Morgan fingerprint density at radius 3 is 2.58 bits per heavy atom.